The van der Waals surface area contributed by atoms with Gasteiger partial charge in [-0.15, -0.1) is 0 Å². The molecule has 0 saturated heterocycles. The third kappa shape index (κ3) is 55.4. The molecule has 0 amide bonds. The van der Waals surface area contributed by atoms with Crippen LogP contribution in [0.25, 0.3) is 16.9 Å². The van der Waals surface area contributed by atoms with E-state index in [1.807, 2.05) is 0 Å². The molecule has 0 aliphatic carbocycles. The molecule has 0 spiro atoms. The van der Waals surface area contributed by atoms with Crippen molar-refractivity contribution >= 4 is 11.4 Å². The Bertz CT molecular complexity index is 1950. The van der Waals surface area contributed by atoms with Crippen LogP contribution in [0.5, 0.6) is 0 Å². The topological polar surface area (TPSA) is 25.3 Å². The summed E-state index contributed by atoms with van der Waals surface area (Å²) in [6.07, 6.45) is 93.7. The Kier molecular flexibility index (Phi) is 71.7. The van der Waals surface area contributed by atoms with Gasteiger partial charge in [-0.2, -0.15) is 12.8 Å². The third-order valence-electron chi connectivity index (χ3n) is 20.5. The Labute approximate surface area is 608 Å². The molecule has 2 aromatic rings. The van der Waals surface area contributed by atoms with Crippen LogP contribution in [0.15, 0.2) is 48.0 Å². The summed E-state index contributed by atoms with van der Waals surface area (Å²) in [5, 5.41) is 0. The maximum atomic E-state index is 12.3. The normalized spacial score (nSPS) is 12.1. The second kappa shape index (κ2) is 73.2. The molecule has 0 atom stereocenters. The van der Waals surface area contributed by atoms with Crippen LogP contribution in [0.4, 0.5) is 0 Å². The van der Waals surface area contributed by atoms with Crippen LogP contribution in [0.2, 0.25) is 0 Å². The summed E-state index contributed by atoms with van der Waals surface area (Å²) in [5.41, 5.74) is 23.8. The van der Waals surface area contributed by atoms with Crippen LogP contribution in [0.3, 0.4) is 0 Å². The van der Waals surface area contributed by atoms with E-state index in [1.54, 1.807) is 4.70 Å². The van der Waals surface area contributed by atoms with E-state index in [4.69, 9.17) is 0 Å². The van der Waals surface area contributed by atoms with E-state index in [9.17, 15) is 5.53 Å². The number of nitrogens with zero attached hydrogens (tertiary/aromatic N) is 2. The zero-order valence-electron chi connectivity index (χ0n) is 65.5. The first-order valence-corrected chi connectivity index (χ1v) is 43.2. The van der Waals surface area contributed by atoms with E-state index in [2.05, 4.69) is 105 Å². The van der Waals surface area contributed by atoms with Gasteiger partial charge in [0.1, 0.15) is 0 Å². The van der Waals surface area contributed by atoms with Crippen LogP contribution in [0, 0.1) is 13.8 Å². The Morgan fingerprint density at radius 1 is 0.242 bits per heavy atom. The molecule has 3 heteroatoms. The Balaban J connectivity index is 0.00000271. The summed E-state index contributed by atoms with van der Waals surface area (Å²) >= 11 is 0. The molecule has 0 radical (unpaired) electrons. The van der Waals surface area contributed by atoms with Crippen molar-refractivity contribution < 1.29 is 21.2 Å². The number of hydrogen-bond acceptors (Lipinski definition) is 0. The Morgan fingerprint density at radius 3 is 0.684 bits per heavy atom. The van der Waals surface area contributed by atoms with Crippen molar-refractivity contribution in [3.63, 3.8) is 0 Å². The van der Waals surface area contributed by atoms with E-state index < -0.39 is 0 Å². The second-order valence-corrected chi connectivity index (χ2v) is 30.0. The zero-order valence-corrected chi connectivity index (χ0v) is 66.5. The van der Waals surface area contributed by atoms with Gasteiger partial charge < -0.3 is 19.4 Å². The predicted molar refractivity (Wildman–Crippen MR) is 428 cm³/mol. The molecule has 1 aliphatic heterocycles. The first-order chi connectivity index (χ1) is 46.4. The number of hydrogen-bond donors (Lipinski definition) is 0. The molecule has 554 valence electrons. The second-order valence-electron chi connectivity index (χ2n) is 30.0. The van der Waals surface area contributed by atoms with Crippen molar-refractivity contribution in [1.82, 2.24) is 0 Å². The minimum Gasteiger partial charge on any atom is -0.493 e. The smallest absolute Gasteiger partial charge is 0.493 e. The molecular weight excluding hydrogens is 1190 g/mol. The van der Waals surface area contributed by atoms with Gasteiger partial charge in [-0.1, -0.05) is 414 Å². The first-order valence-electron chi connectivity index (χ1n) is 43.2. The van der Waals surface area contributed by atoms with Gasteiger partial charge in [-0.25, -0.2) is 4.70 Å². The summed E-state index contributed by atoms with van der Waals surface area (Å²) in [6, 6.07) is 14.6. The van der Waals surface area contributed by atoms with Gasteiger partial charge in [-0.3, -0.25) is 0 Å². The quantitative estimate of drug-likeness (QED) is 0.0273. The molecule has 0 N–H and O–H groups in total. The van der Waals surface area contributed by atoms with Crippen molar-refractivity contribution in [2.45, 2.75) is 479 Å². The fraction of sp³-hybridized carbons (Fsp3) is 0.804. The van der Waals surface area contributed by atoms with Gasteiger partial charge in [0.25, 0.3) is 0 Å². The minimum atomic E-state index is 0. The molecule has 0 bridgehead atoms. The summed E-state index contributed by atoms with van der Waals surface area (Å²) in [6.45, 7) is 23.8. The third-order valence-corrected chi connectivity index (χ3v) is 20.5. The van der Waals surface area contributed by atoms with E-state index in [0.717, 1.165) is 69.2 Å². The molecule has 0 unspecified atom stereocenters. The van der Waals surface area contributed by atoms with Crippen LogP contribution >= 0.6 is 0 Å². The number of aryl methyl sites for hydroxylation is 4. The number of unbranched alkanes of at least 4 members (excludes halogenated alkanes) is 55. The number of benzene rings is 2. The van der Waals surface area contributed by atoms with E-state index in [1.165, 1.54) is 411 Å². The molecule has 2 nitrogen and oxygen atoms in total. The van der Waals surface area contributed by atoms with Crippen LogP contribution in [0.1, 0.15) is 486 Å². The average molecular weight is 1360 g/mol. The van der Waals surface area contributed by atoms with Crippen molar-refractivity contribution in [3.8, 4) is 0 Å². The van der Waals surface area contributed by atoms with Crippen molar-refractivity contribution in [3.05, 3.63) is 101 Å². The monoisotopic (exact) mass is 1360 g/mol. The molecule has 0 fully saturated rings. The molecule has 1 heterocycles. The molecule has 1 aliphatic rings. The van der Waals surface area contributed by atoms with Crippen molar-refractivity contribution in [2.24, 2.45) is 0 Å². The summed E-state index contributed by atoms with van der Waals surface area (Å²) in [7, 11) is 0. The van der Waals surface area contributed by atoms with Crippen LogP contribution in [-0.4, -0.2) is 4.70 Å². The first kappa shape index (κ1) is 93.0. The van der Waals surface area contributed by atoms with E-state index in [0.29, 0.717) is 0 Å². The zero-order chi connectivity index (χ0) is 68.1. The molecule has 3 rings (SSSR count). The van der Waals surface area contributed by atoms with Crippen molar-refractivity contribution in [1.29, 1.82) is 0 Å². The van der Waals surface area contributed by atoms with Gasteiger partial charge >= 0.3 is 16.5 Å². The van der Waals surface area contributed by atoms with Gasteiger partial charge in [0.2, 0.25) is 11.4 Å². The number of allylic oxidation sites excluding steroid dienone is 2. The predicted octanol–water partition coefficient (Wildman–Crippen LogP) is 33.0. The van der Waals surface area contributed by atoms with E-state index >= 15 is 0 Å². The molecule has 0 aromatic heterocycles. The average Bonchev–Trinajstić information content (AvgIpc) is 1.64. The maximum absolute atomic E-state index is 12.3. The largest absolute Gasteiger partial charge is 2.00 e. The minimum absolute atomic E-state index is 0. The summed E-state index contributed by atoms with van der Waals surface area (Å²) in [5.74, 6) is 0. The van der Waals surface area contributed by atoms with Crippen LogP contribution < -0.4 is 0 Å². The van der Waals surface area contributed by atoms with E-state index in [-0.39, 0.29) is 16.5 Å². The summed E-state index contributed by atoms with van der Waals surface area (Å²) in [4.78, 5) is 0. The fourth-order valence-corrected chi connectivity index (χ4v) is 14.2. The fourth-order valence-electron chi connectivity index (χ4n) is 14.2. The SMILES string of the molecule is CCCCCCCCCCCCCCCCCCCc1cc(CCCC)cc(C2=CC(CCCC)=C(c3cc(CCCC)cc(CCCCCCCCCCCCCCCCCCC)c3)[N+]2=[N-])c1.[CH2-]CCCCCCCCCCCC.[CH2-]CCCCCCCCCCCC.[Ni+2]. The molecular formula is C92H166N2Ni. The van der Waals surface area contributed by atoms with Gasteiger partial charge in [-0.05, 0) is 111 Å². The number of rotatable bonds is 67. The molecule has 2 aromatic carbocycles. The van der Waals surface area contributed by atoms with Gasteiger partial charge in [0, 0.05) is 22.8 Å². The van der Waals surface area contributed by atoms with Gasteiger partial charge in [0.15, 0.2) is 0 Å². The molecule has 95 heavy (non-hydrogen) atoms. The maximum Gasteiger partial charge on any atom is 2.00 e. The Hall–Kier alpha value is -1.99. The molecule has 0 saturated carbocycles. The van der Waals surface area contributed by atoms with Crippen LogP contribution in [-0.2, 0) is 42.2 Å². The standard InChI is InChI=1S/C66H112N2.2C13H27.Ni/c1-6-11-16-18-20-22-24-26-28-30-32-34-36-38-40-42-44-48-60-51-58(46-13-8-3)53-63(54-60)65-57-62(50-15-10-5)66(68(65)67)64-55-59(47-14-9-4)52-61(56-64)49-45-43-41-39-37-35-33-31-29-27-25-23-21-19-17-12-7-2;2*1-3-5-7-9-11-13-12-10-8-6-4-2;/h51-57H,6-50H2,1-5H3;2*1,3-13H2,2H3;/q;2*-1;+2. The van der Waals surface area contributed by atoms with Gasteiger partial charge in [0.05, 0.1) is 0 Å². The Morgan fingerprint density at radius 2 is 0.442 bits per heavy atom. The van der Waals surface area contributed by atoms with Crippen molar-refractivity contribution in [2.75, 3.05) is 0 Å². The summed E-state index contributed by atoms with van der Waals surface area (Å²) < 4.78 is 1.60.